The predicted molar refractivity (Wildman–Crippen MR) is 79.2 cm³/mol. The fourth-order valence-electron chi connectivity index (χ4n) is 1.71. The van der Waals surface area contributed by atoms with Gasteiger partial charge in [-0.2, -0.15) is 0 Å². The van der Waals surface area contributed by atoms with Crippen LogP contribution in [0.25, 0.3) is 11.6 Å². The van der Waals surface area contributed by atoms with Gasteiger partial charge < -0.3 is 0 Å². The summed E-state index contributed by atoms with van der Waals surface area (Å²) >= 11 is 1.86. The molecule has 0 fully saturated rings. The van der Waals surface area contributed by atoms with Gasteiger partial charge in [-0.15, -0.1) is 11.3 Å². The van der Waals surface area contributed by atoms with Crippen LogP contribution in [-0.2, 0) is 6.42 Å². The zero-order chi connectivity index (χ0) is 12.3. The Hall–Kier alpha value is -1.34. The van der Waals surface area contributed by atoms with Gasteiger partial charge in [-0.25, -0.2) is 0 Å². The molecule has 0 bridgehead atoms. The van der Waals surface area contributed by atoms with Crippen LogP contribution in [0.3, 0.4) is 0 Å². The molecule has 0 aliphatic heterocycles. The molecule has 1 aliphatic rings. The lowest BCUT2D eigenvalue weighted by molar-refractivity contribution is 0.832. The first-order valence-corrected chi connectivity index (χ1v) is 6.82. The van der Waals surface area contributed by atoms with Crippen LogP contribution < -0.4 is 0 Å². The van der Waals surface area contributed by atoms with Crippen molar-refractivity contribution in [1.29, 1.82) is 0 Å². The van der Waals surface area contributed by atoms with E-state index in [0.29, 0.717) is 5.92 Å². The molecule has 0 unspecified atom stereocenters. The molecule has 0 saturated carbocycles. The number of rotatable bonds is 3. The lowest BCUT2D eigenvalue weighted by Crippen LogP contribution is -1.78. The Balaban J connectivity index is 2.21. The van der Waals surface area contributed by atoms with Crippen LogP contribution in [0.2, 0.25) is 0 Å². The van der Waals surface area contributed by atoms with Crippen molar-refractivity contribution >= 4 is 23.0 Å². The molecule has 1 aromatic rings. The summed E-state index contributed by atoms with van der Waals surface area (Å²) in [6.07, 6.45) is 14.0. The van der Waals surface area contributed by atoms with E-state index < -0.39 is 0 Å². The predicted octanol–water partition coefficient (Wildman–Crippen LogP) is 5.10. The van der Waals surface area contributed by atoms with Gasteiger partial charge in [0.25, 0.3) is 0 Å². The van der Waals surface area contributed by atoms with E-state index in [1.165, 1.54) is 15.3 Å². The van der Waals surface area contributed by atoms with Crippen LogP contribution in [0.4, 0.5) is 0 Å². The Labute approximate surface area is 108 Å². The van der Waals surface area contributed by atoms with E-state index in [1.807, 2.05) is 11.3 Å². The molecule has 0 N–H and O–H groups in total. The third kappa shape index (κ3) is 3.07. The first-order chi connectivity index (χ1) is 8.16. The van der Waals surface area contributed by atoms with Crippen LogP contribution in [0.5, 0.6) is 0 Å². The van der Waals surface area contributed by atoms with Gasteiger partial charge in [0.2, 0.25) is 0 Å². The summed E-state index contributed by atoms with van der Waals surface area (Å²) < 4.78 is 0. The van der Waals surface area contributed by atoms with E-state index in [2.05, 4.69) is 62.9 Å². The number of thiophene rings is 1. The average Bonchev–Trinajstić information content (AvgIpc) is 2.58. The molecule has 0 aromatic carbocycles. The average molecular weight is 242 g/mol. The monoisotopic (exact) mass is 242 g/mol. The maximum absolute atomic E-state index is 4.15. The highest BCUT2D eigenvalue weighted by atomic mass is 32.1. The van der Waals surface area contributed by atoms with Gasteiger partial charge in [0.05, 0.1) is 0 Å². The zero-order valence-electron chi connectivity index (χ0n) is 10.4. The number of allylic oxidation sites excluding steroid dienone is 6. The minimum absolute atomic E-state index is 0.576. The lowest BCUT2D eigenvalue weighted by Gasteiger charge is -1.96. The highest BCUT2D eigenvalue weighted by molar-refractivity contribution is 7.13. The first-order valence-electron chi connectivity index (χ1n) is 6.00. The molecule has 88 valence electrons. The molecule has 1 heteroatoms. The fraction of sp³-hybridized carbons (Fsp3) is 0.250. The van der Waals surface area contributed by atoms with E-state index in [-0.39, 0.29) is 0 Å². The normalized spacial score (nSPS) is 14.3. The third-order valence-electron chi connectivity index (χ3n) is 2.67. The van der Waals surface area contributed by atoms with Crippen molar-refractivity contribution in [3.8, 4) is 0 Å². The molecule has 0 atom stereocenters. The lowest BCUT2D eigenvalue weighted by atomic mass is 10.1. The molecule has 0 spiro atoms. The van der Waals surface area contributed by atoms with E-state index in [1.54, 1.807) is 0 Å². The van der Waals surface area contributed by atoms with Crippen molar-refractivity contribution < 1.29 is 0 Å². The summed E-state index contributed by atoms with van der Waals surface area (Å²) in [5.74, 6) is 0.576. The largest absolute Gasteiger partial charge is 0.139 e. The van der Waals surface area contributed by atoms with Gasteiger partial charge in [0.1, 0.15) is 0 Å². The molecular weight excluding hydrogens is 224 g/mol. The van der Waals surface area contributed by atoms with Gasteiger partial charge in [-0.1, -0.05) is 56.9 Å². The molecule has 1 aliphatic carbocycles. The second-order valence-electron chi connectivity index (χ2n) is 4.61. The summed E-state index contributed by atoms with van der Waals surface area (Å²) in [5.41, 5.74) is 2.46. The van der Waals surface area contributed by atoms with Gasteiger partial charge in [-0.3, -0.25) is 0 Å². The number of fused-ring (bicyclic) bond motifs is 1. The quantitative estimate of drug-likeness (QED) is 0.647. The van der Waals surface area contributed by atoms with Gasteiger partial charge in [-0.05, 0) is 23.1 Å². The summed E-state index contributed by atoms with van der Waals surface area (Å²) in [6.45, 7) is 8.51. The van der Waals surface area contributed by atoms with Crippen LogP contribution in [0, 0.1) is 5.92 Å². The Morgan fingerprint density at radius 3 is 3.00 bits per heavy atom. The van der Waals surface area contributed by atoms with Crippen molar-refractivity contribution in [2.45, 2.75) is 20.3 Å². The molecule has 0 radical (unpaired) electrons. The zero-order valence-corrected chi connectivity index (χ0v) is 11.3. The third-order valence-corrected chi connectivity index (χ3v) is 3.92. The van der Waals surface area contributed by atoms with E-state index >= 15 is 0 Å². The van der Waals surface area contributed by atoms with Crippen molar-refractivity contribution in [1.82, 2.24) is 0 Å². The topological polar surface area (TPSA) is 0 Å². The van der Waals surface area contributed by atoms with Gasteiger partial charge in [0.15, 0.2) is 0 Å². The molecule has 1 aromatic heterocycles. The SMILES string of the molecule is C=C(/C=C\C(C)C)c1cc2c(s1)CC=CC=C2. The molecule has 0 saturated heterocycles. The van der Waals surface area contributed by atoms with Gasteiger partial charge in [0, 0.05) is 16.2 Å². The Morgan fingerprint density at radius 2 is 2.24 bits per heavy atom. The van der Waals surface area contributed by atoms with Gasteiger partial charge >= 0.3 is 0 Å². The summed E-state index contributed by atoms with van der Waals surface area (Å²) in [7, 11) is 0. The van der Waals surface area contributed by atoms with Crippen LogP contribution in [-0.4, -0.2) is 0 Å². The summed E-state index contributed by atoms with van der Waals surface area (Å²) in [4.78, 5) is 2.72. The van der Waals surface area contributed by atoms with E-state index in [4.69, 9.17) is 0 Å². The Morgan fingerprint density at radius 1 is 1.41 bits per heavy atom. The minimum atomic E-state index is 0.576. The standard InChI is InChI=1S/C16H18S/c1-12(2)9-10-13(3)16-11-14-7-5-4-6-8-15(14)17-16/h4-7,9-12H,3,8H2,1-2H3/b10-9-. The maximum Gasteiger partial charge on any atom is 0.0345 e. The van der Waals surface area contributed by atoms with E-state index in [9.17, 15) is 0 Å². The second-order valence-corrected chi connectivity index (χ2v) is 5.75. The maximum atomic E-state index is 4.15. The Bertz CT molecular complexity index is 496. The molecule has 17 heavy (non-hydrogen) atoms. The Kier molecular flexibility index (Phi) is 3.80. The van der Waals surface area contributed by atoms with E-state index in [0.717, 1.165) is 12.0 Å². The highest BCUT2D eigenvalue weighted by Gasteiger charge is 2.08. The molecular formula is C16H18S. The van der Waals surface area contributed by atoms with Crippen LogP contribution >= 0.6 is 11.3 Å². The number of hydrogen-bond donors (Lipinski definition) is 0. The highest BCUT2D eigenvalue weighted by Crippen LogP contribution is 2.31. The molecule has 0 nitrogen and oxygen atoms in total. The van der Waals surface area contributed by atoms with Crippen molar-refractivity contribution in [3.05, 3.63) is 58.3 Å². The number of hydrogen-bond acceptors (Lipinski definition) is 1. The summed E-state index contributed by atoms with van der Waals surface area (Å²) in [6, 6.07) is 2.25. The smallest absolute Gasteiger partial charge is 0.0345 e. The van der Waals surface area contributed by atoms with Crippen LogP contribution in [0.1, 0.15) is 29.2 Å². The first kappa shape index (κ1) is 12.1. The molecule has 2 rings (SSSR count). The van der Waals surface area contributed by atoms with Crippen molar-refractivity contribution in [3.63, 3.8) is 0 Å². The minimum Gasteiger partial charge on any atom is -0.139 e. The molecule has 0 amide bonds. The molecule has 1 heterocycles. The van der Waals surface area contributed by atoms with Crippen molar-refractivity contribution in [2.24, 2.45) is 5.92 Å². The van der Waals surface area contributed by atoms with Crippen LogP contribution in [0.15, 0.2) is 43.0 Å². The van der Waals surface area contributed by atoms with Crippen molar-refractivity contribution in [2.75, 3.05) is 0 Å². The fourth-order valence-corrected chi connectivity index (χ4v) is 2.78. The summed E-state index contributed by atoms with van der Waals surface area (Å²) in [5, 5.41) is 0. The second kappa shape index (κ2) is 5.33.